The van der Waals surface area contributed by atoms with Crippen LogP contribution in [-0.4, -0.2) is 15.0 Å². The Morgan fingerprint density at radius 2 is 1.07 bits per heavy atom. The zero-order valence-corrected chi connectivity index (χ0v) is 31.2. The first-order valence-corrected chi connectivity index (χ1v) is 19.4. The number of nitrogens with zero attached hydrogens (tertiary/aromatic N) is 3. The van der Waals surface area contributed by atoms with Crippen molar-refractivity contribution in [3.63, 3.8) is 0 Å². The molecule has 1 unspecified atom stereocenters. The van der Waals surface area contributed by atoms with Gasteiger partial charge in [-0.25, -0.2) is 15.0 Å². The third kappa shape index (κ3) is 5.75. The number of hydrogen-bond donors (Lipinski definition) is 0. The molecule has 1 aliphatic carbocycles. The highest BCUT2D eigenvalue weighted by molar-refractivity contribution is 6.21. The molecule has 0 aliphatic heterocycles. The van der Waals surface area contributed by atoms with Gasteiger partial charge in [0, 0.05) is 43.8 Å². The summed E-state index contributed by atoms with van der Waals surface area (Å²) in [6.07, 6.45) is 7.94. The molecule has 3 aromatic heterocycles. The maximum absolute atomic E-state index is 6.76. The summed E-state index contributed by atoms with van der Waals surface area (Å²) in [5.74, 6) is 2.39. The van der Waals surface area contributed by atoms with Gasteiger partial charge in [-0.15, -0.1) is 0 Å². The van der Waals surface area contributed by atoms with Crippen LogP contribution in [0.25, 0.3) is 106 Å². The number of allylic oxidation sites excluding steroid dienone is 4. The van der Waals surface area contributed by atoms with E-state index in [1.165, 1.54) is 11.1 Å². The van der Waals surface area contributed by atoms with E-state index >= 15 is 0 Å². The van der Waals surface area contributed by atoms with Crippen molar-refractivity contribution in [1.82, 2.24) is 15.0 Å². The molecule has 0 saturated carbocycles. The minimum atomic E-state index is 0.565. The van der Waals surface area contributed by atoms with Crippen molar-refractivity contribution in [3.8, 4) is 56.4 Å². The molecule has 0 radical (unpaired) electrons. The fourth-order valence-corrected chi connectivity index (χ4v) is 8.21. The Labute approximate surface area is 329 Å². The lowest BCUT2D eigenvalue weighted by atomic mass is 9.90. The number of fused-ring (bicyclic) bond motifs is 6. The van der Waals surface area contributed by atoms with E-state index in [9.17, 15) is 0 Å². The number of benzene rings is 7. The molecular weight excluding hydrogens is 699 g/mol. The van der Waals surface area contributed by atoms with Crippen LogP contribution < -0.4 is 0 Å². The summed E-state index contributed by atoms with van der Waals surface area (Å²) in [4.78, 5) is 14.8. The second-order valence-electron chi connectivity index (χ2n) is 14.8. The van der Waals surface area contributed by atoms with Crippen molar-refractivity contribution >= 4 is 49.5 Å². The molecule has 5 heteroatoms. The van der Waals surface area contributed by atoms with Crippen molar-refractivity contribution in [3.05, 3.63) is 182 Å². The Hall–Kier alpha value is -7.37. The molecule has 11 rings (SSSR count). The second kappa shape index (κ2) is 13.4. The average Bonchev–Trinajstić information content (AvgIpc) is 3.86. The summed E-state index contributed by atoms with van der Waals surface area (Å²) >= 11 is 0. The van der Waals surface area contributed by atoms with E-state index < -0.39 is 0 Å². The second-order valence-corrected chi connectivity index (χ2v) is 14.8. The summed E-state index contributed by atoms with van der Waals surface area (Å²) in [7, 11) is 0. The zero-order chi connectivity index (χ0) is 37.9. The molecule has 0 bridgehead atoms. The molecule has 0 saturated heterocycles. The number of furan rings is 2. The Bertz CT molecular complexity index is 3170. The molecule has 270 valence electrons. The smallest absolute Gasteiger partial charge is 0.164 e. The monoisotopic (exact) mass is 733 g/mol. The van der Waals surface area contributed by atoms with Crippen molar-refractivity contribution in [1.29, 1.82) is 0 Å². The molecule has 3 heterocycles. The molecular formula is C52H35N3O2. The van der Waals surface area contributed by atoms with Crippen molar-refractivity contribution in [2.45, 2.75) is 13.3 Å². The summed E-state index contributed by atoms with van der Waals surface area (Å²) < 4.78 is 13.4. The van der Waals surface area contributed by atoms with Crippen LogP contribution >= 0.6 is 0 Å². The van der Waals surface area contributed by atoms with Crippen molar-refractivity contribution < 1.29 is 8.83 Å². The third-order valence-electron chi connectivity index (χ3n) is 11.1. The van der Waals surface area contributed by atoms with E-state index in [2.05, 4.69) is 110 Å². The summed E-state index contributed by atoms with van der Waals surface area (Å²) in [5.41, 5.74) is 12.9. The standard InChI is InChI=1S/C52H35N3O2/c1-32-22-24-33(25-23-32)36-16-10-17-37(30-36)39-28-29-41(48-42-18-8-9-20-44(42)57-49(39)48)40-19-11-21-45-47(40)43-27-26-38(31-46(43)56-45)52-54-50(34-12-4-2-5-13-34)53-51(55-52)35-14-6-3-7-15-35/h2-22,24-32H,23H2,1H3. The molecule has 0 N–H and O–H groups in total. The van der Waals surface area contributed by atoms with Crippen LogP contribution in [0.4, 0.5) is 0 Å². The van der Waals surface area contributed by atoms with Gasteiger partial charge in [0.1, 0.15) is 22.3 Å². The Balaban J connectivity index is 1.07. The van der Waals surface area contributed by atoms with Gasteiger partial charge in [-0.05, 0) is 76.6 Å². The van der Waals surface area contributed by atoms with Crippen LogP contribution in [0.2, 0.25) is 0 Å². The minimum absolute atomic E-state index is 0.565. The quantitative estimate of drug-likeness (QED) is 0.170. The zero-order valence-electron chi connectivity index (χ0n) is 31.2. The van der Waals surface area contributed by atoms with Crippen LogP contribution in [0.3, 0.4) is 0 Å². The first kappa shape index (κ1) is 33.0. The lowest BCUT2D eigenvalue weighted by molar-refractivity contribution is 0.669. The SMILES string of the molecule is CC1C=CC(c2cccc(-c3ccc(-c4cccc5oc6cc(-c7nc(-c8ccccc8)nc(-c8ccccc8)n7)ccc6c45)c4c3oc3ccccc34)c2)=CC1. The van der Waals surface area contributed by atoms with Crippen molar-refractivity contribution in [2.75, 3.05) is 0 Å². The van der Waals surface area contributed by atoms with E-state index in [1.807, 2.05) is 72.8 Å². The predicted octanol–water partition coefficient (Wildman–Crippen LogP) is 14.0. The molecule has 5 nitrogen and oxygen atoms in total. The summed E-state index contributed by atoms with van der Waals surface area (Å²) in [6.45, 7) is 2.25. The maximum Gasteiger partial charge on any atom is 0.164 e. The molecule has 1 atom stereocenters. The normalized spacial score (nSPS) is 14.2. The molecule has 0 amide bonds. The van der Waals surface area contributed by atoms with Gasteiger partial charge in [-0.1, -0.05) is 146 Å². The van der Waals surface area contributed by atoms with Gasteiger partial charge < -0.3 is 8.83 Å². The fourth-order valence-electron chi connectivity index (χ4n) is 8.21. The van der Waals surface area contributed by atoms with Crippen LogP contribution in [0.1, 0.15) is 18.9 Å². The summed E-state index contributed by atoms with van der Waals surface area (Å²) in [5, 5.41) is 4.24. The van der Waals surface area contributed by atoms with Crippen molar-refractivity contribution in [2.24, 2.45) is 5.92 Å². The highest BCUT2D eigenvalue weighted by Crippen LogP contribution is 2.46. The minimum Gasteiger partial charge on any atom is -0.456 e. The van der Waals surface area contributed by atoms with Crippen LogP contribution in [0.5, 0.6) is 0 Å². The summed E-state index contributed by atoms with van der Waals surface area (Å²) in [6, 6.07) is 54.2. The first-order valence-electron chi connectivity index (χ1n) is 19.4. The number of rotatable bonds is 6. The van der Waals surface area contributed by atoms with Gasteiger partial charge in [-0.3, -0.25) is 0 Å². The highest BCUT2D eigenvalue weighted by Gasteiger charge is 2.22. The lowest BCUT2D eigenvalue weighted by Gasteiger charge is -2.14. The van der Waals surface area contributed by atoms with E-state index in [0.29, 0.717) is 23.4 Å². The molecule has 0 spiro atoms. The molecule has 0 fully saturated rings. The van der Waals surface area contributed by atoms with E-state index in [1.54, 1.807) is 0 Å². The highest BCUT2D eigenvalue weighted by atomic mass is 16.3. The molecule has 57 heavy (non-hydrogen) atoms. The molecule has 7 aromatic carbocycles. The molecule has 10 aromatic rings. The van der Waals surface area contributed by atoms with Gasteiger partial charge in [0.25, 0.3) is 0 Å². The lowest BCUT2D eigenvalue weighted by Crippen LogP contribution is -2.00. The Morgan fingerprint density at radius 3 is 1.82 bits per heavy atom. The number of para-hydroxylation sites is 1. The fraction of sp³-hybridized carbons (Fsp3) is 0.0577. The third-order valence-corrected chi connectivity index (χ3v) is 11.1. The Morgan fingerprint density at radius 1 is 0.456 bits per heavy atom. The van der Waals surface area contributed by atoms with E-state index in [0.717, 1.165) is 89.2 Å². The van der Waals surface area contributed by atoms with E-state index in [-0.39, 0.29) is 0 Å². The average molecular weight is 734 g/mol. The van der Waals surface area contributed by atoms with Gasteiger partial charge in [0.15, 0.2) is 17.5 Å². The molecule has 1 aliphatic rings. The van der Waals surface area contributed by atoms with Gasteiger partial charge in [0.2, 0.25) is 0 Å². The van der Waals surface area contributed by atoms with Crippen LogP contribution in [0.15, 0.2) is 185 Å². The largest absolute Gasteiger partial charge is 0.456 e. The topological polar surface area (TPSA) is 65.0 Å². The predicted molar refractivity (Wildman–Crippen MR) is 232 cm³/mol. The maximum atomic E-state index is 6.76. The van der Waals surface area contributed by atoms with Crippen LogP contribution in [0, 0.1) is 5.92 Å². The Kier molecular flexibility index (Phi) is 7.78. The van der Waals surface area contributed by atoms with Crippen LogP contribution in [-0.2, 0) is 0 Å². The van der Waals surface area contributed by atoms with Gasteiger partial charge in [-0.2, -0.15) is 0 Å². The first-order chi connectivity index (χ1) is 28.1. The van der Waals surface area contributed by atoms with Gasteiger partial charge >= 0.3 is 0 Å². The van der Waals surface area contributed by atoms with Gasteiger partial charge in [0.05, 0.1) is 0 Å². The van der Waals surface area contributed by atoms with E-state index in [4.69, 9.17) is 23.8 Å². The number of hydrogen-bond acceptors (Lipinski definition) is 5. The number of aromatic nitrogens is 3.